The van der Waals surface area contributed by atoms with Crippen molar-refractivity contribution in [3.05, 3.63) is 41.8 Å². The Morgan fingerprint density at radius 1 is 1.17 bits per heavy atom. The van der Waals surface area contributed by atoms with Crippen LogP contribution in [0.25, 0.3) is 0 Å². The minimum Gasteiger partial charge on any atom is -0.408 e. The molecule has 1 aliphatic heterocycles. The first-order chi connectivity index (χ1) is 11.6. The van der Waals surface area contributed by atoms with E-state index in [0.717, 1.165) is 5.56 Å². The van der Waals surface area contributed by atoms with E-state index < -0.39 is 0 Å². The van der Waals surface area contributed by atoms with Gasteiger partial charge >= 0.3 is 12.0 Å². The minimum atomic E-state index is -0.0353. The van der Waals surface area contributed by atoms with Gasteiger partial charge in [-0.25, -0.2) is 4.79 Å². The average Bonchev–Trinajstić information content (AvgIpc) is 3.11. The zero-order valence-corrected chi connectivity index (χ0v) is 14.1. The molecule has 0 aliphatic carbocycles. The molecule has 1 fully saturated rings. The van der Waals surface area contributed by atoms with Crippen molar-refractivity contribution in [2.75, 3.05) is 31.1 Å². The van der Waals surface area contributed by atoms with Crippen molar-refractivity contribution in [2.24, 2.45) is 0 Å². The van der Waals surface area contributed by atoms with Gasteiger partial charge in [0.05, 0.1) is 0 Å². The highest BCUT2D eigenvalue weighted by molar-refractivity contribution is 5.74. The molecule has 7 heteroatoms. The lowest BCUT2D eigenvalue weighted by atomic mass is 10.2. The van der Waals surface area contributed by atoms with Gasteiger partial charge in [0.25, 0.3) is 0 Å². The molecule has 1 aromatic carbocycles. The van der Waals surface area contributed by atoms with Crippen LogP contribution >= 0.6 is 0 Å². The van der Waals surface area contributed by atoms with Crippen LogP contribution < -0.4 is 10.2 Å². The zero-order chi connectivity index (χ0) is 16.9. The van der Waals surface area contributed by atoms with Crippen LogP contribution in [-0.4, -0.2) is 47.3 Å². The Morgan fingerprint density at radius 2 is 1.88 bits per heavy atom. The molecule has 1 saturated heterocycles. The molecule has 2 heterocycles. The smallest absolute Gasteiger partial charge is 0.318 e. The van der Waals surface area contributed by atoms with Crippen LogP contribution in [-0.2, 0) is 6.54 Å². The van der Waals surface area contributed by atoms with Gasteiger partial charge in [0.2, 0.25) is 5.89 Å². The highest BCUT2D eigenvalue weighted by atomic mass is 16.4. The second kappa shape index (κ2) is 7.33. The number of anilines is 1. The zero-order valence-electron chi connectivity index (χ0n) is 14.1. The lowest BCUT2D eigenvalue weighted by Crippen LogP contribution is -2.51. The molecule has 2 amide bonds. The quantitative estimate of drug-likeness (QED) is 0.931. The fourth-order valence-electron chi connectivity index (χ4n) is 2.57. The van der Waals surface area contributed by atoms with Crippen molar-refractivity contribution < 1.29 is 9.21 Å². The lowest BCUT2D eigenvalue weighted by molar-refractivity contribution is 0.193. The van der Waals surface area contributed by atoms with E-state index in [1.54, 1.807) is 0 Å². The number of benzene rings is 1. The Kier molecular flexibility index (Phi) is 4.98. The van der Waals surface area contributed by atoms with E-state index in [9.17, 15) is 4.79 Å². The molecule has 1 aliphatic rings. The molecule has 0 saturated carbocycles. The SMILES string of the molecule is CC(C)c1nnc(N2CCN(C(=O)NCc3ccccc3)CC2)o1. The summed E-state index contributed by atoms with van der Waals surface area (Å²) < 4.78 is 5.67. The Balaban J connectivity index is 1.48. The van der Waals surface area contributed by atoms with E-state index in [1.807, 2.05) is 54.0 Å². The third kappa shape index (κ3) is 3.84. The van der Waals surface area contributed by atoms with Gasteiger partial charge in [0, 0.05) is 38.6 Å². The van der Waals surface area contributed by atoms with Crippen molar-refractivity contribution in [1.82, 2.24) is 20.4 Å². The highest BCUT2D eigenvalue weighted by Gasteiger charge is 2.24. The number of nitrogens with zero attached hydrogens (tertiary/aromatic N) is 4. The van der Waals surface area contributed by atoms with E-state index in [4.69, 9.17) is 4.42 Å². The third-order valence-electron chi connectivity index (χ3n) is 4.05. The van der Waals surface area contributed by atoms with Gasteiger partial charge in [-0.15, -0.1) is 5.10 Å². The lowest BCUT2D eigenvalue weighted by Gasteiger charge is -2.33. The molecule has 0 unspecified atom stereocenters. The molecule has 0 atom stereocenters. The maximum Gasteiger partial charge on any atom is 0.318 e. The normalized spacial score (nSPS) is 15.0. The van der Waals surface area contributed by atoms with Gasteiger partial charge in [-0.05, 0) is 5.56 Å². The molecule has 0 spiro atoms. The molecule has 3 rings (SSSR count). The monoisotopic (exact) mass is 329 g/mol. The summed E-state index contributed by atoms with van der Waals surface area (Å²) in [6.07, 6.45) is 0. The first-order valence-electron chi connectivity index (χ1n) is 8.28. The van der Waals surface area contributed by atoms with Crippen molar-refractivity contribution >= 4 is 12.0 Å². The van der Waals surface area contributed by atoms with Crippen LogP contribution in [0.15, 0.2) is 34.7 Å². The second-order valence-corrected chi connectivity index (χ2v) is 6.20. The van der Waals surface area contributed by atoms with Crippen molar-refractivity contribution in [2.45, 2.75) is 26.3 Å². The summed E-state index contributed by atoms with van der Waals surface area (Å²) in [5, 5.41) is 11.1. The summed E-state index contributed by atoms with van der Waals surface area (Å²) in [4.78, 5) is 16.1. The number of nitrogens with one attached hydrogen (secondary N) is 1. The first kappa shape index (κ1) is 16.3. The van der Waals surface area contributed by atoms with Crippen molar-refractivity contribution in [1.29, 1.82) is 0 Å². The van der Waals surface area contributed by atoms with Gasteiger partial charge in [-0.1, -0.05) is 49.3 Å². The Labute approximate surface area is 141 Å². The van der Waals surface area contributed by atoms with Gasteiger partial charge < -0.3 is 19.5 Å². The molecule has 1 aromatic heterocycles. The van der Waals surface area contributed by atoms with Gasteiger partial charge in [0.1, 0.15) is 0 Å². The van der Waals surface area contributed by atoms with Crippen LogP contribution in [0.2, 0.25) is 0 Å². The number of carbonyl (C=O) groups is 1. The first-order valence-corrected chi connectivity index (χ1v) is 8.28. The van der Waals surface area contributed by atoms with E-state index >= 15 is 0 Å². The van der Waals surface area contributed by atoms with Crippen molar-refractivity contribution in [3.63, 3.8) is 0 Å². The molecule has 1 N–H and O–H groups in total. The predicted octanol–water partition coefficient (Wildman–Crippen LogP) is 2.22. The van der Waals surface area contributed by atoms with Crippen LogP contribution in [0.5, 0.6) is 0 Å². The van der Waals surface area contributed by atoms with E-state index in [1.165, 1.54) is 0 Å². The van der Waals surface area contributed by atoms with E-state index in [2.05, 4.69) is 15.5 Å². The third-order valence-corrected chi connectivity index (χ3v) is 4.05. The summed E-state index contributed by atoms with van der Waals surface area (Å²) in [6.45, 7) is 7.25. The molecular weight excluding hydrogens is 306 g/mol. The van der Waals surface area contributed by atoms with Crippen LogP contribution in [0.4, 0.5) is 10.8 Å². The maximum atomic E-state index is 12.3. The van der Waals surface area contributed by atoms with Crippen molar-refractivity contribution in [3.8, 4) is 0 Å². The van der Waals surface area contributed by atoms with Crippen LogP contribution in [0.1, 0.15) is 31.2 Å². The predicted molar refractivity (Wildman–Crippen MR) is 90.9 cm³/mol. The van der Waals surface area contributed by atoms with Gasteiger partial charge in [0.15, 0.2) is 0 Å². The minimum absolute atomic E-state index is 0.0353. The summed E-state index contributed by atoms with van der Waals surface area (Å²) in [5.41, 5.74) is 1.09. The number of urea groups is 1. The molecule has 128 valence electrons. The number of hydrogen-bond acceptors (Lipinski definition) is 5. The molecular formula is C17H23N5O2. The van der Waals surface area contributed by atoms with Gasteiger partial charge in [-0.2, -0.15) is 0 Å². The second-order valence-electron chi connectivity index (χ2n) is 6.20. The number of rotatable bonds is 4. The number of aromatic nitrogens is 2. The Hall–Kier alpha value is -2.57. The summed E-state index contributed by atoms with van der Waals surface area (Å²) in [5.74, 6) is 0.865. The standard InChI is InChI=1S/C17H23N5O2/c1-13(2)15-19-20-17(24-15)22-10-8-21(9-11-22)16(23)18-12-14-6-4-3-5-7-14/h3-7,13H,8-12H2,1-2H3,(H,18,23). The molecule has 0 radical (unpaired) electrons. The van der Waals surface area contributed by atoms with E-state index in [0.29, 0.717) is 44.6 Å². The number of carbonyl (C=O) groups excluding carboxylic acids is 1. The Bertz CT molecular complexity index is 663. The van der Waals surface area contributed by atoms with Crippen LogP contribution in [0.3, 0.4) is 0 Å². The average molecular weight is 329 g/mol. The topological polar surface area (TPSA) is 74.5 Å². The summed E-state index contributed by atoms with van der Waals surface area (Å²) in [6, 6.07) is 10.4. The molecule has 7 nitrogen and oxygen atoms in total. The fraction of sp³-hybridized carbons (Fsp3) is 0.471. The maximum absolute atomic E-state index is 12.3. The summed E-state index contributed by atoms with van der Waals surface area (Å²) in [7, 11) is 0. The number of amides is 2. The van der Waals surface area contributed by atoms with Gasteiger partial charge in [-0.3, -0.25) is 0 Å². The molecule has 24 heavy (non-hydrogen) atoms. The van der Waals surface area contributed by atoms with E-state index in [-0.39, 0.29) is 11.9 Å². The Morgan fingerprint density at radius 3 is 2.50 bits per heavy atom. The number of hydrogen-bond donors (Lipinski definition) is 1. The summed E-state index contributed by atoms with van der Waals surface area (Å²) >= 11 is 0. The van der Waals surface area contributed by atoms with Crippen LogP contribution in [0, 0.1) is 0 Å². The largest absolute Gasteiger partial charge is 0.408 e. The molecule has 0 bridgehead atoms. The highest BCUT2D eigenvalue weighted by Crippen LogP contribution is 2.19. The fourth-order valence-corrected chi connectivity index (χ4v) is 2.57. The molecule has 2 aromatic rings. The number of piperazine rings is 1.